The van der Waals surface area contributed by atoms with Gasteiger partial charge >= 0.3 is 5.97 Å². The van der Waals surface area contributed by atoms with Gasteiger partial charge in [-0.05, 0) is 36.4 Å². The Hall–Kier alpha value is -3.58. The molecule has 0 unspecified atom stereocenters. The Bertz CT molecular complexity index is 1240. The van der Waals surface area contributed by atoms with Gasteiger partial charge in [-0.2, -0.15) is 0 Å². The number of benzene rings is 3. The van der Waals surface area contributed by atoms with E-state index in [0.717, 1.165) is 0 Å². The summed E-state index contributed by atoms with van der Waals surface area (Å²) in [5.41, 5.74) is 1.19. The summed E-state index contributed by atoms with van der Waals surface area (Å²) in [6.07, 6.45) is -1.34. The summed E-state index contributed by atoms with van der Waals surface area (Å²) in [5, 5.41) is 8.26. The van der Waals surface area contributed by atoms with Gasteiger partial charge in [0.2, 0.25) is 5.78 Å². The topological polar surface area (TPSA) is 74.1 Å². The lowest BCUT2D eigenvalue weighted by Crippen LogP contribution is -2.33. The molecule has 0 N–H and O–H groups in total. The summed E-state index contributed by atoms with van der Waals surface area (Å²) in [6.45, 7) is -0.135. The first-order valence-corrected chi connectivity index (χ1v) is 9.45. The van der Waals surface area contributed by atoms with Gasteiger partial charge in [0.25, 0.3) is 0 Å². The summed E-state index contributed by atoms with van der Waals surface area (Å²) in [5.74, 6) is -2.18. The highest BCUT2D eigenvalue weighted by atomic mass is 35.5. The predicted molar refractivity (Wildman–Crippen MR) is 109 cm³/mol. The summed E-state index contributed by atoms with van der Waals surface area (Å²) >= 11 is 6.07. The molecule has 1 heterocycles. The highest BCUT2D eigenvalue weighted by molar-refractivity contribution is 6.33. The van der Waals surface area contributed by atoms with Crippen molar-refractivity contribution in [2.45, 2.75) is 12.6 Å². The van der Waals surface area contributed by atoms with E-state index in [2.05, 4.69) is 10.3 Å². The molecular formula is C22H15ClFN3O3. The molecule has 0 saturated heterocycles. The minimum absolute atomic E-state index is 0.106. The van der Waals surface area contributed by atoms with Crippen LogP contribution in [-0.4, -0.2) is 32.9 Å². The van der Waals surface area contributed by atoms with E-state index >= 15 is 0 Å². The van der Waals surface area contributed by atoms with Crippen molar-refractivity contribution < 1.29 is 18.7 Å². The first-order chi connectivity index (χ1) is 14.5. The number of carbonyl (C=O) groups is 2. The highest BCUT2D eigenvalue weighted by Crippen LogP contribution is 2.20. The van der Waals surface area contributed by atoms with Gasteiger partial charge < -0.3 is 4.74 Å². The maximum atomic E-state index is 14.2. The number of halogens is 2. The zero-order chi connectivity index (χ0) is 21.1. The molecule has 0 aliphatic heterocycles. The fourth-order valence-electron chi connectivity index (χ4n) is 3.04. The molecule has 0 bridgehead atoms. The number of Topliss-reactive ketones (excluding diaryl/α,β-unsaturated/α-hetero) is 1. The van der Waals surface area contributed by atoms with E-state index in [1.807, 2.05) is 0 Å². The summed E-state index contributed by atoms with van der Waals surface area (Å²) < 4.78 is 21.2. The van der Waals surface area contributed by atoms with Crippen molar-refractivity contribution in [2.75, 3.05) is 0 Å². The van der Waals surface area contributed by atoms with Crippen LogP contribution in [0.15, 0.2) is 72.8 Å². The average molecular weight is 424 g/mol. The number of aromatic nitrogens is 3. The molecular weight excluding hydrogens is 409 g/mol. The van der Waals surface area contributed by atoms with Crippen molar-refractivity contribution in [1.29, 1.82) is 0 Å². The van der Waals surface area contributed by atoms with E-state index in [1.54, 1.807) is 36.4 Å². The minimum Gasteiger partial charge on any atom is -0.448 e. The normalized spacial score (nSPS) is 11.9. The van der Waals surface area contributed by atoms with E-state index in [0.29, 0.717) is 11.0 Å². The smallest absolute Gasteiger partial charge is 0.340 e. The van der Waals surface area contributed by atoms with Crippen molar-refractivity contribution in [3.8, 4) is 0 Å². The van der Waals surface area contributed by atoms with Crippen LogP contribution in [0.25, 0.3) is 11.0 Å². The number of rotatable bonds is 6. The molecule has 0 aliphatic carbocycles. The van der Waals surface area contributed by atoms with Crippen LogP contribution in [0.5, 0.6) is 0 Å². The van der Waals surface area contributed by atoms with Gasteiger partial charge in [-0.25, -0.2) is 13.9 Å². The van der Waals surface area contributed by atoms with E-state index in [-0.39, 0.29) is 22.7 Å². The number of fused-ring (bicyclic) bond motifs is 1. The van der Waals surface area contributed by atoms with Gasteiger partial charge in [0, 0.05) is 0 Å². The van der Waals surface area contributed by atoms with Crippen LogP contribution in [0.3, 0.4) is 0 Å². The molecule has 8 heteroatoms. The molecule has 0 radical (unpaired) electrons. The van der Waals surface area contributed by atoms with Crippen LogP contribution in [-0.2, 0) is 11.3 Å². The maximum absolute atomic E-state index is 14.2. The molecule has 0 amide bonds. The van der Waals surface area contributed by atoms with E-state index < -0.39 is 23.7 Å². The van der Waals surface area contributed by atoms with Gasteiger partial charge in [-0.3, -0.25) is 4.79 Å². The van der Waals surface area contributed by atoms with Crippen molar-refractivity contribution in [2.24, 2.45) is 0 Å². The molecule has 4 rings (SSSR count). The number of esters is 1. The van der Waals surface area contributed by atoms with Gasteiger partial charge in [-0.15, -0.1) is 5.10 Å². The zero-order valence-corrected chi connectivity index (χ0v) is 16.3. The number of carbonyl (C=O) groups excluding carboxylic acids is 2. The van der Waals surface area contributed by atoms with Crippen molar-refractivity contribution >= 4 is 34.4 Å². The van der Waals surface area contributed by atoms with E-state index in [9.17, 15) is 14.0 Å². The predicted octanol–water partition coefficient (Wildman–Crippen LogP) is 4.33. The molecule has 0 saturated carbocycles. The van der Waals surface area contributed by atoms with E-state index in [4.69, 9.17) is 16.3 Å². The molecule has 150 valence electrons. The molecule has 0 aliphatic rings. The Labute approximate surface area is 175 Å². The third-order valence-electron chi connectivity index (χ3n) is 4.53. The Morgan fingerprint density at radius 1 is 0.967 bits per heavy atom. The first kappa shape index (κ1) is 19.7. The second-order valence-electron chi connectivity index (χ2n) is 6.48. The second kappa shape index (κ2) is 8.42. The largest absolute Gasteiger partial charge is 0.448 e. The number of para-hydroxylation sites is 1. The molecule has 4 aromatic rings. The number of ether oxygens (including phenoxy) is 1. The molecule has 0 fully saturated rings. The van der Waals surface area contributed by atoms with Gasteiger partial charge in [0.15, 0.2) is 6.10 Å². The molecule has 1 atom stereocenters. The standard InChI is InChI=1S/C22H15ClFN3O3/c23-16-9-3-1-7-14(16)22(29)30-20(21(28)15-8-2-4-10-17(15)24)13-27-19-12-6-5-11-18(19)25-26-27/h1-12,20H,13H2/t20-/m1/s1. The number of hydrogen-bond donors (Lipinski definition) is 0. The molecule has 30 heavy (non-hydrogen) atoms. The third kappa shape index (κ3) is 3.92. The first-order valence-electron chi connectivity index (χ1n) is 9.07. The SMILES string of the molecule is O=C(O[C@H](Cn1nnc2ccccc21)C(=O)c1ccccc1F)c1ccccc1Cl. The fourth-order valence-corrected chi connectivity index (χ4v) is 3.25. The van der Waals surface area contributed by atoms with E-state index in [1.165, 1.54) is 41.1 Å². The lowest BCUT2D eigenvalue weighted by Gasteiger charge is -2.18. The molecule has 1 aromatic heterocycles. The maximum Gasteiger partial charge on any atom is 0.340 e. The highest BCUT2D eigenvalue weighted by Gasteiger charge is 2.29. The second-order valence-corrected chi connectivity index (χ2v) is 6.89. The quantitative estimate of drug-likeness (QED) is 0.341. The van der Waals surface area contributed by atoms with Crippen molar-refractivity contribution in [1.82, 2.24) is 15.0 Å². The molecule has 6 nitrogen and oxygen atoms in total. The van der Waals surface area contributed by atoms with Gasteiger partial charge in [0.1, 0.15) is 11.3 Å². The Kier molecular flexibility index (Phi) is 5.54. The summed E-state index contributed by atoms with van der Waals surface area (Å²) in [6, 6.07) is 19.0. The van der Waals surface area contributed by atoms with Crippen LogP contribution >= 0.6 is 11.6 Å². The molecule has 0 spiro atoms. The lowest BCUT2D eigenvalue weighted by atomic mass is 10.1. The van der Waals surface area contributed by atoms with Crippen LogP contribution < -0.4 is 0 Å². The Balaban J connectivity index is 1.69. The van der Waals surface area contributed by atoms with Gasteiger partial charge in [-0.1, -0.05) is 53.2 Å². The fraction of sp³-hybridized carbons (Fsp3) is 0.0909. The number of nitrogens with zero attached hydrogens (tertiary/aromatic N) is 3. The summed E-state index contributed by atoms with van der Waals surface area (Å²) in [7, 11) is 0. The molecule has 3 aromatic carbocycles. The average Bonchev–Trinajstić information content (AvgIpc) is 3.16. The van der Waals surface area contributed by atoms with Gasteiger partial charge in [0.05, 0.1) is 28.2 Å². The van der Waals surface area contributed by atoms with Crippen LogP contribution in [0.4, 0.5) is 4.39 Å². The summed E-state index contributed by atoms with van der Waals surface area (Å²) in [4.78, 5) is 25.8. The lowest BCUT2D eigenvalue weighted by molar-refractivity contribution is 0.0243. The third-order valence-corrected chi connectivity index (χ3v) is 4.86. The minimum atomic E-state index is -1.34. The van der Waals surface area contributed by atoms with Crippen LogP contribution in [0.1, 0.15) is 20.7 Å². The monoisotopic (exact) mass is 423 g/mol. The number of hydrogen-bond acceptors (Lipinski definition) is 5. The number of ketones is 1. The zero-order valence-electron chi connectivity index (χ0n) is 15.5. The Morgan fingerprint density at radius 3 is 2.40 bits per heavy atom. The van der Waals surface area contributed by atoms with Crippen molar-refractivity contribution in [3.05, 3.63) is 94.8 Å². The van der Waals surface area contributed by atoms with Crippen molar-refractivity contribution in [3.63, 3.8) is 0 Å². The Morgan fingerprint density at radius 2 is 1.63 bits per heavy atom. The van der Waals surface area contributed by atoms with Crippen LogP contribution in [0, 0.1) is 5.82 Å². The van der Waals surface area contributed by atoms with Crippen LogP contribution in [0.2, 0.25) is 5.02 Å².